The topological polar surface area (TPSA) is 43.7 Å². The van der Waals surface area contributed by atoms with Gasteiger partial charge in [0.2, 0.25) is 0 Å². The summed E-state index contributed by atoms with van der Waals surface area (Å²) in [4.78, 5) is 2.21. The summed E-state index contributed by atoms with van der Waals surface area (Å²) in [5.74, 6) is -0.284. The average Bonchev–Trinajstić information content (AvgIpc) is 2.70. The van der Waals surface area contributed by atoms with Crippen molar-refractivity contribution in [1.29, 1.82) is 0 Å². The van der Waals surface area contributed by atoms with Gasteiger partial charge in [-0.3, -0.25) is 0 Å². The van der Waals surface area contributed by atoms with Crippen LogP contribution in [0.1, 0.15) is 54.0 Å². The maximum Gasteiger partial charge on any atom is 0.123 e. The lowest BCUT2D eigenvalue weighted by atomic mass is 9.84. The molecule has 0 amide bonds. The zero-order chi connectivity index (χ0) is 18.9. The van der Waals surface area contributed by atoms with E-state index in [0.29, 0.717) is 19.4 Å². The molecule has 27 heavy (non-hydrogen) atoms. The lowest BCUT2D eigenvalue weighted by Gasteiger charge is -2.39. The lowest BCUT2D eigenvalue weighted by molar-refractivity contribution is -0.0345. The highest BCUT2D eigenvalue weighted by Gasteiger charge is 2.34. The smallest absolute Gasteiger partial charge is 0.123 e. The van der Waals surface area contributed by atoms with Gasteiger partial charge in [-0.2, -0.15) is 0 Å². The summed E-state index contributed by atoms with van der Waals surface area (Å²) in [6.45, 7) is 2.02. The van der Waals surface area contributed by atoms with E-state index >= 15 is 0 Å². The van der Waals surface area contributed by atoms with Crippen molar-refractivity contribution in [3.8, 4) is 0 Å². The van der Waals surface area contributed by atoms with Crippen molar-refractivity contribution in [2.75, 3.05) is 19.6 Å². The number of aliphatic hydroxyl groups is 2. The van der Waals surface area contributed by atoms with Crippen LogP contribution in [0.2, 0.25) is 0 Å². The van der Waals surface area contributed by atoms with E-state index in [0.717, 1.165) is 37.1 Å². The van der Waals surface area contributed by atoms with E-state index < -0.39 is 11.7 Å². The summed E-state index contributed by atoms with van der Waals surface area (Å²) >= 11 is 0. The first-order chi connectivity index (χ1) is 13.0. The maximum atomic E-state index is 13.1. The van der Waals surface area contributed by atoms with E-state index in [4.69, 9.17) is 0 Å². The third-order valence-corrected chi connectivity index (χ3v) is 6.25. The number of nitrogens with zero attached hydrogens (tertiary/aromatic N) is 1. The average molecular weight is 369 g/mol. The van der Waals surface area contributed by atoms with E-state index in [-0.39, 0.29) is 5.82 Å². The number of halogens is 1. The number of rotatable bonds is 4. The molecule has 2 N–H and O–H groups in total. The molecule has 0 bridgehead atoms. The molecule has 2 aromatic carbocycles. The minimum Gasteiger partial charge on any atom is -0.387 e. The minimum absolute atomic E-state index is 0.284. The summed E-state index contributed by atoms with van der Waals surface area (Å²) in [5, 5.41) is 21.6. The van der Waals surface area contributed by atoms with Crippen LogP contribution in [-0.2, 0) is 18.4 Å². The van der Waals surface area contributed by atoms with Crippen molar-refractivity contribution in [3.63, 3.8) is 0 Å². The van der Waals surface area contributed by atoms with Gasteiger partial charge in [0.25, 0.3) is 0 Å². The van der Waals surface area contributed by atoms with E-state index in [1.807, 2.05) is 0 Å². The van der Waals surface area contributed by atoms with E-state index in [9.17, 15) is 14.6 Å². The van der Waals surface area contributed by atoms with Crippen molar-refractivity contribution in [3.05, 3.63) is 70.5 Å². The van der Waals surface area contributed by atoms with Crippen LogP contribution in [-0.4, -0.2) is 34.7 Å². The van der Waals surface area contributed by atoms with Gasteiger partial charge in [0.05, 0.1) is 11.7 Å². The number of fused-ring (bicyclic) bond motifs is 1. The zero-order valence-electron chi connectivity index (χ0n) is 15.7. The molecular weight excluding hydrogens is 341 g/mol. The van der Waals surface area contributed by atoms with Gasteiger partial charge in [-0.1, -0.05) is 30.3 Å². The standard InChI is InChI=1S/C23H28FNO2/c24-21-9-7-20(8-10-21)23(27)11-13-25(14-12-23)16-22(26)19-6-5-17-3-1-2-4-18(17)15-19/h5-10,15,22,26-27H,1-4,11-14,16H2/t22-/m1/s1. The normalized spacial score (nSPS) is 20.9. The second-order valence-corrected chi connectivity index (χ2v) is 8.09. The van der Waals surface area contributed by atoms with Gasteiger partial charge in [0.1, 0.15) is 5.82 Å². The van der Waals surface area contributed by atoms with Crippen LogP contribution in [0, 0.1) is 5.82 Å². The number of hydrogen-bond acceptors (Lipinski definition) is 3. The molecule has 0 saturated carbocycles. The van der Waals surface area contributed by atoms with Crippen molar-refractivity contribution in [2.45, 2.75) is 50.2 Å². The Morgan fingerprint density at radius 2 is 1.63 bits per heavy atom. The molecule has 2 aliphatic rings. The predicted molar refractivity (Wildman–Crippen MR) is 104 cm³/mol. The molecule has 1 saturated heterocycles. The van der Waals surface area contributed by atoms with Gasteiger partial charge < -0.3 is 15.1 Å². The third-order valence-electron chi connectivity index (χ3n) is 6.25. The summed E-state index contributed by atoms with van der Waals surface area (Å²) < 4.78 is 13.1. The van der Waals surface area contributed by atoms with Gasteiger partial charge in [0, 0.05) is 19.6 Å². The molecule has 3 nitrogen and oxygen atoms in total. The summed E-state index contributed by atoms with van der Waals surface area (Å²) in [7, 11) is 0. The second-order valence-electron chi connectivity index (χ2n) is 8.09. The van der Waals surface area contributed by atoms with Gasteiger partial charge >= 0.3 is 0 Å². The first-order valence-electron chi connectivity index (χ1n) is 10.0. The maximum absolute atomic E-state index is 13.1. The van der Waals surface area contributed by atoms with Crippen LogP contribution in [0.5, 0.6) is 0 Å². The van der Waals surface area contributed by atoms with Gasteiger partial charge in [-0.25, -0.2) is 4.39 Å². The highest BCUT2D eigenvalue weighted by molar-refractivity contribution is 5.35. The molecule has 0 spiro atoms. The Hall–Kier alpha value is -1.75. The number of piperidine rings is 1. The van der Waals surface area contributed by atoms with Crippen LogP contribution in [0.3, 0.4) is 0 Å². The summed E-state index contributed by atoms with van der Waals surface area (Å²) in [6, 6.07) is 12.6. The van der Waals surface area contributed by atoms with Gasteiger partial charge in [0.15, 0.2) is 0 Å². The molecule has 1 heterocycles. The number of hydrogen-bond donors (Lipinski definition) is 2. The molecule has 4 rings (SSSR count). The molecule has 1 aliphatic heterocycles. The number of likely N-dealkylation sites (tertiary alicyclic amines) is 1. The Balaban J connectivity index is 1.36. The largest absolute Gasteiger partial charge is 0.387 e. The Bertz CT molecular complexity index is 781. The zero-order valence-corrected chi connectivity index (χ0v) is 15.7. The molecule has 1 atom stereocenters. The van der Waals surface area contributed by atoms with Crippen molar-refractivity contribution >= 4 is 0 Å². The summed E-state index contributed by atoms with van der Waals surface area (Å²) in [6.07, 6.45) is 5.45. The number of β-amino-alcohol motifs (C(OH)–C–C–N with tert-alkyl or cyclic N) is 1. The Morgan fingerprint density at radius 1 is 0.963 bits per heavy atom. The second kappa shape index (κ2) is 7.70. The van der Waals surface area contributed by atoms with E-state index in [1.54, 1.807) is 12.1 Å². The third kappa shape index (κ3) is 4.08. The van der Waals surface area contributed by atoms with Crippen molar-refractivity contribution in [2.24, 2.45) is 0 Å². The van der Waals surface area contributed by atoms with Gasteiger partial charge in [-0.15, -0.1) is 0 Å². The van der Waals surface area contributed by atoms with Crippen molar-refractivity contribution < 1.29 is 14.6 Å². The van der Waals surface area contributed by atoms with Crippen LogP contribution in [0.4, 0.5) is 4.39 Å². The number of aryl methyl sites for hydroxylation is 2. The van der Waals surface area contributed by atoms with E-state index in [1.165, 1.54) is 36.1 Å². The first-order valence-corrected chi connectivity index (χ1v) is 10.0. The molecule has 4 heteroatoms. The van der Waals surface area contributed by atoms with Gasteiger partial charge in [-0.05, 0) is 72.9 Å². The molecule has 1 fully saturated rings. The molecule has 1 aliphatic carbocycles. The highest BCUT2D eigenvalue weighted by Crippen LogP contribution is 2.33. The molecule has 2 aromatic rings. The Labute approximate surface area is 160 Å². The fraction of sp³-hybridized carbons (Fsp3) is 0.478. The quantitative estimate of drug-likeness (QED) is 0.863. The summed E-state index contributed by atoms with van der Waals surface area (Å²) in [5.41, 5.74) is 3.69. The van der Waals surface area contributed by atoms with Crippen LogP contribution in [0.15, 0.2) is 42.5 Å². The number of aliphatic hydroxyl groups excluding tert-OH is 1. The molecule has 144 valence electrons. The molecule has 0 radical (unpaired) electrons. The number of benzene rings is 2. The monoisotopic (exact) mass is 369 g/mol. The predicted octanol–water partition coefficient (Wildman–Crippen LogP) is 3.72. The molecule has 0 aromatic heterocycles. The van der Waals surface area contributed by atoms with E-state index in [2.05, 4.69) is 23.1 Å². The lowest BCUT2D eigenvalue weighted by Crippen LogP contribution is -2.44. The highest BCUT2D eigenvalue weighted by atomic mass is 19.1. The van der Waals surface area contributed by atoms with Crippen LogP contribution in [0.25, 0.3) is 0 Å². The molecular formula is C23H28FNO2. The SMILES string of the molecule is O[C@H](CN1CCC(O)(c2ccc(F)cc2)CC1)c1ccc2c(c1)CCCC2. The molecule has 0 unspecified atom stereocenters. The van der Waals surface area contributed by atoms with Crippen LogP contribution >= 0.6 is 0 Å². The first kappa shape index (κ1) is 18.6. The fourth-order valence-corrected chi connectivity index (χ4v) is 4.46. The Morgan fingerprint density at radius 3 is 2.33 bits per heavy atom. The van der Waals surface area contributed by atoms with Crippen molar-refractivity contribution in [1.82, 2.24) is 4.90 Å². The minimum atomic E-state index is -0.902. The Kier molecular flexibility index (Phi) is 5.31. The fourth-order valence-electron chi connectivity index (χ4n) is 4.46. The van der Waals surface area contributed by atoms with Crippen LogP contribution < -0.4 is 0 Å².